The smallest absolute Gasteiger partial charge is 0.0621 e. The molecule has 1 aliphatic rings. The lowest BCUT2D eigenvalue weighted by Crippen LogP contribution is -2.33. The van der Waals surface area contributed by atoms with Crippen LogP contribution in [-0.2, 0) is 0 Å². The molecule has 0 saturated heterocycles. The largest absolute Gasteiger partial charge is 0.333 e. The van der Waals surface area contributed by atoms with E-state index >= 15 is 0 Å². The molecule has 4 aromatic heterocycles. The Morgan fingerprint density at radius 2 is 1.00 bits per heavy atom. The van der Waals surface area contributed by atoms with E-state index in [9.17, 15) is 0 Å². The lowest BCUT2D eigenvalue weighted by atomic mass is 9.93. The van der Waals surface area contributed by atoms with Gasteiger partial charge in [-0.3, -0.25) is 0 Å². The molecule has 1 atom stereocenters. The Hall–Kier alpha value is -7.56. The first kappa shape index (κ1) is 35.2. The maximum Gasteiger partial charge on any atom is 0.0621 e. The Morgan fingerprint density at radius 1 is 0.452 bits per heavy atom. The maximum atomic E-state index is 2.59. The van der Waals surface area contributed by atoms with Crippen LogP contribution in [0.25, 0.3) is 76.2 Å². The molecule has 4 heterocycles. The summed E-state index contributed by atoms with van der Waals surface area (Å²) in [6.07, 6.45) is 5.72. The number of aryl methyl sites for hydroxylation is 2. The number of fused-ring (bicyclic) bond motifs is 12. The van der Waals surface area contributed by atoms with Gasteiger partial charge in [0, 0.05) is 60.2 Å². The van der Waals surface area contributed by atoms with Gasteiger partial charge in [0.25, 0.3) is 0 Å². The van der Waals surface area contributed by atoms with Gasteiger partial charge in [-0.25, -0.2) is 0 Å². The van der Waals surface area contributed by atoms with Crippen LogP contribution in [0.15, 0.2) is 187 Å². The van der Waals surface area contributed by atoms with Gasteiger partial charge in [0.15, 0.2) is 0 Å². The van der Waals surface area contributed by atoms with Crippen molar-refractivity contribution in [3.63, 3.8) is 0 Å². The highest BCUT2D eigenvalue weighted by Crippen LogP contribution is 2.50. The summed E-state index contributed by atoms with van der Waals surface area (Å²) >= 11 is 0. The zero-order valence-electron chi connectivity index (χ0n) is 35.3. The normalized spacial score (nSPS) is 14.7. The fourth-order valence-corrected chi connectivity index (χ4v) is 11.3. The number of benzene rings is 8. The summed E-state index contributed by atoms with van der Waals surface area (Å²) in [7, 11) is 0. The summed E-state index contributed by atoms with van der Waals surface area (Å²) in [5.74, 6) is 0. The van der Waals surface area contributed by atoms with Gasteiger partial charge in [-0.05, 0) is 106 Å². The van der Waals surface area contributed by atoms with Gasteiger partial charge in [0.1, 0.15) is 0 Å². The van der Waals surface area contributed by atoms with Gasteiger partial charge in [-0.2, -0.15) is 0 Å². The molecule has 0 aliphatic heterocycles. The topological polar surface area (TPSA) is 15.3 Å². The van der Waals surface area contributed by atoms with Crippen molar-refractivity contribution in [1.29, 1.82) is 0 Å². The first-order chi connectivity index (χ1) is 30.4. The molecular weight excluding hydrogens is 753 g/mol. The quantitative estimate of drug-likeness (QED) is 0.167. The molecule has 1 unspecified atom stereocenters. The van der Waals surface area contributed by atoms with E-state index in [2.05, 4.69) is 222 Å². The summed E-state index contributed by atoms with van der Waals surface area (Å²) in [5.41, 5.74) is 18.7. The average molecular weight is 797 g/mol. The van der Waals surface area contributed by atoms with Gasteiger partial charge in [-0.1, -0.05) is 126 Å². The molecule has 12 aromatic rings. The Balaban J connectivity index is 1.08. The molecule has 0 radical (unpaired) electrons. The lowest BCUT2D eigenvalue weighted by Gasteiger charge is -2.36. The number of hydrogen-bond acceptors (Lipinski definition) is 2. The Labute approximate surface area is 360 Å². The number of para-hydroxylation sites is 4. The number of allylic oxidation sites excluding steroid dienone is 2. The maximum absolute atomic E-state index is 2.59. The number of anilines is 5. The number of nitrogens with zero attached hydrogens (tertiary/aromatic N) is 4. The summed E-state index contributed by atoms with van der Waals surface area (Å²) in [4.78, 5) is 5.04. The van der Waals surface area contributed by atoms with Crippen molar-refractivity contribution in [3.05, 3.63) is 198 Å². The molecule has 4 nitrogen and oxygen atoms in total. The third-order valence-electron chi connectivity index (χ3n) is 13.9. The summed E-state index contributed by atoms with van der Waals surface area (Å²) < 4.78 is 5.10. The van der Waals surface area contributed by atoms with E-state index in [0.29, 0.717) is 0 Å². The fourth-order valence-electron chi connectivity index (χ4n) is 11.3. The van der Waals surface area contributed by atoms with Crippen LogP contribution in [0.3, 0.4) is 0 Å². The number of aromatic nitrogens is 2. The zero-order chi connectivity index (χ0) is 41.4. The molecule has 0 saturated carbocycles. The summed E-state index contributed by atoms with van der Waals surface area (Å²) in [6.45, 7) is 8.91. The van der Waals surface area contributed by atoms with Crippen LogP contribution in [0, 0.1) is 13.8 Å². The van der Waals surface area contributed by atoms with Gasteiger partial charge >= 0.3 is 0 Å². The standard InChI is InChI=1S/C58H44N4/c1-35-27-29-47(37(3)31-35)59(39-15-7-5-8-16-39)49-23-13-25-51-55(49)43-21-11-19-41-45-34-54-46(33-53(45)61(51)57(41)43)42-20-12-22-44-56-50(24-14-26-52(56)62(54)58(42)44)60(40-17-9-6-10-18-40)48-30-28-36(2)32-38(48)4/h5-29,31-34,48H,30H2,1-4H3. The van der Waals surface area contributed by atoms with Gasteiger partial charge in [0.2, 0.25) is 0 Å². The number of rotatable bonds is 6. The highest BCUT2D eigenvalue weighted by Gasteiger charge is 2.29. The van der Waals surface area contributed by atoms with Gasteiger partial charge in [0.05, 0.1) is 50.5 Å². The molecule has 0 fully saturated rings. The third kappa shape index (κ3) is 4.78. The van der Waals surface area contributed by atoms with E-state index in [1.54, 1.807) is 0 Å². The van der Waals surface area contributed by atoms with Crippen molar-refractivity contribution in [2.45, 2.75) is 40.2 Å². The van der Waals surface area contributed by atoms with E-state index in [4.69, 9.17) is 0 Å². The van der Waals surface area contributed by atoms with Crippen LogP contribution in [0.2, 0.25) is 0 Å². The first-order valence-corrected chi connectivity index (χ1v) is 21.9. The van der Waals surface area contributed by atoms with E-state index in [1.165, 1.54) is 121 Å². The highest BCUT2D eigenvalue weighted by atomic mass is 15.2. The minimum absolute atomic E-state index is 0.220. The summed E-state index contributed by atoms with van der Waals surface area (Å²) in [6, 6.07) is 61.4. The predicted octanol–water partition coefficient (Wildman–Crippen LogP) is 15.9. The molecule has 13 rings (SSSR count). The molecule has 296 valence electrons. The molecule has 0 N–H and O–H groups in total. The van der Waals surface area contributed by atoms with Gasteiger partial charge < -0.3 is 18.6 Å². The van der Waals surface area contributed by atoms with E-state index in [0.717, 1.165) is 12.1 Å². The van der Waals surface area contributed by atoms with Crippen molar-refractivity contribution < 1.29 is 0 Å². The second-order valence-electron chi connectivity index (χ2n) is 17.6. The van der Waals surface area contributed by atoms with Crippen molar-refractivity contribution in [3.8, 4) is 0 Å². The molecular formula is C58H44N4. The minimum Gasteiger partial charge on any atom is -0.333 e. The van der Waals surface area contributed by atoms with Crippen molar-refractivity contribution in [2.24, 2.45) is 0 Å². The van der Waals surface area contributed by atoms with Crippen molar-refractivity contribution in [1.82, 2.24) is 8.80 Å². The highest BCUT2D eigenvalue weighted by molar-refractivity contribution is 6.31. The Bertz CT molecular complexity index is 3830. The monoisotopic (exact) mass is 796 g/mol. The zero-order valence-corrected chi connectivity index (χ0v) is 35.3. The van der Waals surface area contributed by atoms with Gasteiger partial charge in [-0.15, -0.1) is 0 Å². The summed E-state index contributed by atoms with van der Waals surface area (Å²) in [5, 5.41) is 10.3. The van der Waals surface area contributed by atoms with Crippen LogP contribution in [0.4, 0.5) is 28.4 Å². The van der Waals surface area contributed by atoms with E-state index in [1.807, 2.05) is 0 Å². The van der Waals surface area contributed by atoms with E-state index < -0.39 is 0 Å². The van der Waals surface area contributed by atoms with Crippen molar-refractivity contribution >= 4 is 105 Å². The fraction of sp³-hybridized carbons (Fsp3) is 0.103. The minimum atomic E-state index is 0.220. The molecule has 0 amide bonds. The molecule has 1 aliphatic carbocycles. The van der Waals surface area contributed by atoms with Crippen LogP contribution >= 0.6 is 0 Å². The van der Waals surface area contributed by atoms with Crippen molar-refractivity contribution in [2.75, 3.05) is 9.80 Å². The second kappa shape index (κ2) is 13.0. The second-order valence-corrected chi connectivity index (χ2v) is 17.6. The predicted molar refractivity (Wildman–Crippen MR) is 264 cm³/mol. The first-order valence-electron chi connectivity index (χ1n) is 21.9. The molecule has 4 heteroatoms. The van der Waals surface area contributed by atoms with Crippen LogP contribution in [-0.4, -0.2) is 14.8 Å². The third-order valence-corrected chi connectivity index (χ3v) is 13.9. The van der Waals surface area contributed by atoms with E-state index in [-0.39, 0.29) is 6.04 Å². The van der Waals surface area contributed by atoms with Crippen LogP contribution in [0.5, 0.6) is 0 Å². The number of hydrogen-bond donors (Lipinski definition) is 0. The van der Waals surface area contributed by atoms with Crippen LogP contribution in [0.1, 0.15) is 31.4 Å². The molecule has 8 aromatic carbocycles. The SMILES string of the molecule is CC1=CCC(N(c2ccccc2)c2cccc3c2c2cccc4c5cc6c(cc5n3c42)c2cccc3c4c(N(c5ccccc5)c5ccc(C)cc5C)cccc4n6c23)C(C)=C1. The Kier molecular flexibility index (Phi) is 7.37. The lowest BCUT2D eigenvalue weighted by molar-refractivity contribution is 0.738. The molecule has 0 spiro atoms. The molecule has 0 bridgehead atoms. The average Bonchev–Trinajstić information content (AvgIpc) is 4.02. The molecule has 62 heavy (non-hydrogen) atoms. The Morgan fingerprint density at radius 3 is 1.60 bits per heavy atom. The van der Waals surface area contributed by atoms with Crippen LogP contribution < -0.4 is 9.80 Å².